The standard InChI is InChI=1S/C3H8.Na.H2O4S.H/c1-3-2;;1-5(2,3)4;/h3H2,1-2H3;;(H2,1,2,3,4);/q;+1;;-1. The first-order chi connectivity index (χ1) is 3.41. The Kier molecular flexibility index (Phi) is 16.2. The number of rotatable bonds is 0. The van der Waals surface area contributed by atoms with Crippen molar-refractivity contribution in [2.75, 3.05) is 0 Å². The molecule has 0 fully saturated rings. The van der Waals surface area contributed by atoms with Crippen LogP contribution in [-0.2, 0) is 10.4 Å². The first-order valence-electron chi connectivity index (χ1n) is 2.11. The van der Waals surface area contributed by atoms with Crippen LogP contribution in [0.1, 0.15) is 21.7 Å². The molecule has 0 rings (SSSR count). The summed E-state index contributed by atoms with van der Waals surface area (Å²) in [6, 6.07) is 0. The topological polar surface area (TPSA) is 74.6 Å². The molecule has 6 heteroatoms. The minimum absolute atomic E-state index is 0. The average molecular weight is 166 g/mol. The Morgan fingerprint density at radius 1 is 1.33 bits per heavy atom. The van der Waals surface area contributed by atoms with Crippen LogP contribution in [0.4, 0.5) is 0 Å². The van der Waals surface area contributed by atoms with Crippen molar-refractivity contribution in [1.29, 1.82) is 0 Å². The molecule has 0 aliphatic heterocycles. The Balaban J connectivity index is -0.0000000326. The maximum absolute atomic E-state index is 8.74. The van der Waals surface area contributed by atoms with Gasteiger partial charge in [-0.25, -0.2) is 0 Å². The Morgan fingerprint density at radius 2 is 1.33 bits per heavy atom. The molecule has 54 valence electrons. The van der Waals surface area contributed by atoms with Gasteiger partial charge < -0.3 is 1.43 Å². The van der Waals surface area contributed by atoms with E-state index in [1.54, 1.807) is 0 Å². The number of hydrogen-bond acceptors (Lipinski definition) is 2. The summed E-state index contributed by atoms with van der Waals surface area (Å²) in [6.07, 6.45) is 1.25. The Labute approximate surface area is 79.0 Å². The normalized spacial score (nSPS) is 8.44. The summed E-state index contributed by atoms with van der Waals surface area (Å²) in [7, 11) is -4.67. The third kappa shape index (κ3) is 553. The molecule has 0 aromatic rings. The molecule has 0 aliphatic carbocycles. The molecule has 0 radical (unpaired) electrons. The van der Waals surface area contributed by atoms with Crippen LogP contribution in [0, 0.1) is 0 Å². The molecular weight excluding hydrogens is 155 g/mol. The van der Waals surface area contributed by atoms with Crippen LogP contribution in [-0.4, -0.2) is 17.5 Å². The van der Waals surface area contributed by atoms with Crippen molar-refractivity contribution in [3.05, 3.63) is 0 Å². The van der Waals surface area contributed by atoms with Crippen molar-refractivity contribution in [2.45, 2.75) is 20.3 Å². The molecule has 0 saturated heterocycles. The average Bonchev–Trinajstić information content (AvgIpc) is 1.27. The molecule has 0 aromatic heterocycles. The summed E-state index contributed by atoms with van der Waals surface area (Å²) in [5, 5.41) is 0. The fourth-order valence-corrected chi connectivity index (χ4v) is 0. The molecule has 0 spiro atoms. The predicted molar refractivity (Wildman–Crippen MR) is 31.3 cm³/mol. The SMILES string of the molecule is CCC.O=S(=O)(O)O.[H-].[Na+]. The molecule has 2 N–H and O–H groups in total. The van der Waals surface area contributed by atoms with Gasteiger partial charge in [-0.15, -0.1) is 0 Å². The summed E-state index contributed by atoms with van der Waals surface area (Å²) >= 11 is 0. The van der Waals surface area contributed by atoms with Gasteiger partial charge in [0, 0.05) is 0 Å². The Morgan fingerprint density at radius 3 is 1.33 bits per heavy atom. The van der Waals surface area contributed by atoms with Crippen LogP contribution >= 0.6 is 0 Å². The van der Waals surface area contributed by atoms with E-state index in [1.807, 2.05) is 0 Å². The minimum atomic E-state index is -4.67. The van der Waals surface area contributed by atoms with Gasteiger partial charge in [0.2, 0.25) is 0 Å². The molecule has 0 heterocycles. The summed E-state index contributed by atoms with van der Waals surface area (Å²) in [5.41, 5.74) is 0. The van der Waals surface area contributed by atoms with Crippen molar-refractivity contribution in [2.24, 2.45) is 0 Å². The minimum Gasteiger partial charge on any atom is -1.00 e. The zero-order chi connectivity index (χ0) is 7.21. The van der Waals surface area contributed by atoms with E-state index in [4.69, 9.17) is 17.5 Å². The molecule has 0 unspecified atom stereocenters. The van der Waals surface area contributed by atoms with Gasteiger partial charge in [-0.1, -0.05) is 20.3 Å². The Bertz CT molecular complexity index is 114. The van der Waals surface area contributed by atoms with E-state index < -0.39 is 10.4 Å². The Hall–Kier alpha value is 0.870. The van der Waals surface area contributed by atoms with E-state index in [0.29, 0.717) is 0 Å². The molecule has 0 aromatic carbocycles. The van der Waals surface area contributed by atoms with Crippen molar-refractivity contribution in [3.8, 4) is 0 Å². The smallest absolute Gasteiger partial charge is 1.00 e. The quantitative estimate of drug-likeness (QED) is 0.319. The largest absolute Gasteiger partial charge is 1.00 e. The van der Waals surface area contributed by atoms with E-state index in [2.05, 4.69) is 13.8 Å². The van der Waals surface area contributed by atoms with E-state index in [-0.39, 0.29) is 31.0 Å². The molecule has 0 aliphatic rings. The first kappa shape index (κ1) is 16.5. The van der Waals surface area contributed by atoms with Gasteiger partial charge in [0.1, 0.15) is 0 Å². The fraction of sp³-hybridized carbons (Fsp3) is 1.00. The van der Waals surface area contributed by atoms with E-state index in [9.17, 15) is 0 Å². The van der Waals surface area contributed by atoms with Gasteiger partial charge in [-0.2, -0.15) is 8.42 Å². The molecule has 0 saturated carbocycles. The monoisotopic (exact) mass is 166 g/mol. The van der Waals surface area contributed by atoms with E-state index in [1.165, 1.54) is 6.42 Å². The summed E-state index contributed by atoms with van der Waals surface area (Å²) in [5.74, 6) is 0. The fourth-order valence-electron chi connectivity index (χ4n) is 0. The van der Waals surface area contributed by atoms with Crippen molar-refractivity contribution in [1.82, 2.24) is 0 Å². The van der Waals surface area contributed by atoms with Crippen LogP contribution in [0.25, 0.3) is 0 Å². The molecule has 4 nitrogen and oxygen atoms in total. The summed E-state index contributed by atoms with van der Waals surface area (Å²) in [6.45, 7) is 4.25. The molecular formula is C3H11NaO4S. The zero-order valence-electron chi connectivity index (χ0n) is 6.83. The van der Waals surface area contributed by atoms with Gasteiger partial charge in [0.25, 0.3) is 0 Å². The van der Waals surface area contributed by atoms with Gasteiger partial charge >= 0.3 is 40.0 Å². The van der Waals surface area contributed by atoms with Crippen molar-refractivity contribution in [3.63, 3.8) is 0 Å². The summed E-state index contributed by atoms with van der Waals surface area (Å²) in [4.78, 5) is 0. The summed E-state index contributed by atoms with van der Waals surface area (Å²) < 4.78 is 31.6. The van der Waals surface area contributed by atoms with Crippen LogP contribution in [0.2, 0.25) is 0 Å². The van der Waals surface area contributed by atoms with Crippen molar-refractivity contribution < 1.29 is 48.5 Å². The van der Waals surface area contributed by atoms with Gasteiger partial charge in [0.05, 0.1) is 0 Å². The van der Waals surface area contributed by atoms with Crippen molar-refractivity contribution >= 4 is 10.4 Å². The first-order valence-corrected chi connectivity index (χ1v) is 3.51. The molecule has 0 atom stereocenters. The third-order valence-electron chi connectivity index (χ3n) is 0. The molecule has 0 amide bonds. The predicted octanol–water partition coefficient (Wildman–Crippen LogP) is -2.12. The third-order valence-corrected chi connectivity index (χ3v) is 0. The maximum Gasteiger partial charge on any atom is 1.00 e. The van der Waals surface area contributed by atoms with E-state index >= 15 is 0 Å². The van der Waals surface area contributed by atoms with Crippen LogP contribution in [0.15, 0.2) is 0 Å². The maximum atomic E-state index is 8.74. The van der Waals surface area contributed by atoms with Crippen LogP contribution < -0.4 is 29.6 Å². The van der Waals surface area contributed by atoms with Gasteiger partial charge in [-0.05, 0) is 0 Å². The number of hydrogen-bond donors (Lipinski definition) is 2. The second-order valence-corrected chi connectivity index (χ2v) is 2.05. The second-order valence-electron chi connectivity index (χ2n) is 1.15. The van der Waals surface area contributed by atoms with Gasteiger partial charge in [0.15, 0.2) is 0 Å². The molecule has 9 heavy (non-hydrogen) atoms. The zero-order valence-corrected chi connectivity index (χ0v) is 8.64. The van der Waals surface area contributed by atoms with Gasteiger partial charge in [-0.3, -0.25) is 9.11 Å². The molecule has 0 bridgehead atoms. The van der Waals surface area contributed by atoms with E-state index in [0.717, 1.165) is 0 Å². The van der Waals surface area contributed by atoms with Crippen LogP contribution in [0.3, 0.4) is 0 Å². The van der Waals surface area contributed by atoms with Crippen LogP contribution in [0.5, 0.6) is 0 Å². The second kappa shape index (κ2) is 8.87.